The summed E-state index contributed by atoms with van der Waals surface area (Å²) in [5, 5.41) is 3.02. The number of allylic oxidation sites excluding steroid dienone is 1. The average molecular weight is 620 g/mol. The number of nitrogens with zero attached hydrogens (tertiary/aromatic N) is 2. The summed E-state index contributed by atoms with van der Waals surface area (Å²) in [6.07, 6.45) is -4.63. The first-order valence-corrected chi connectivity index (χ1v) is 13.8. The number of ether oxygens (including phenoxy) is 2. The lowest BCUT2D eigenvalue weighted by atomic mass is 9.82. The lowest BCUT2D eigenvalue weighted by Crippen LogP contribution is -2.47. The van der Waals surface area contributed by atoms with Gasteiger partial charge in [-0.1, -0.05) is 72.8 Å². The SMILES string of the molecule is COC(=O)Cn1c(=O)c2c(n(Cc3ccccc3)c1=O)NC(C)=C(C(=O)OCc1ccccc1)[C@H]2c1ccc(C(F)(F)F)cc1. The van der Waals surface area contributed by atoms with E-state index in [2.05, 4.69) is 5.32 Å². The van der Waals surface area contributed by atoms with E-state index in [1.54, 1.807) is 67.6 Å². The molecule has 0 saturated heterocycles. The van der Waals surface area contributed by atoms with E-state index in [1.807, 2.05) is 0 Å². The van der Waals surface area contributed by atoms with Crippen LogP contribution in [0.4, 0.5) is 19.0 Å². The molecule has 45 heavy (non-hydrogen) atoms. The van der Waals surface area contributed by atoms with Crippen LogP contribution in [0.1, 0.15) is 40.7 Å². The van der Waals surface area contributed by atoms with Gasteiger partial charge in [-0.2, -0.15) is 13.2 Å². The number of esters is 2. The maximum atomic E-state index is 14.1. The van der Waals surface area contributed by atoms with Crippen molar-refractivity contribution in [3.05, 3.63) is 145 Å². The summed E-state index contributed by atoms with van der Waals surface area (Å²) in [4.78, 5) is 53.9. The van der Waals surface area contributed by atoms with Crippen LogP contribution in [0.5, 0.6) is 0 Å². The second kappa shape index (κ2) is 12.7. The standard InChI is InChI=1S/C33H28F3N3O6/c1-20-26(31(42)45-19-22-11-7-4-8-12-22)27(23-13-15-24(16-14-23)33(34,35)36)28-29(37-20)38(17-21-9-5-3-6-10-21)32(43)39(30(28)41)18-25(40)44-2/h3-16,27,37H,17-19H2,1-2H3/t27-/m1/s1. The van der Waals surface area contributed by atoms with Crippen molar-refractivity contribution < 1.29 is 32.2 Å². The monoisotopic (exact) mass is 619 g/mol. The molecule has 0 radical (unpaired) electrons. The zero-order chi connectivity index (χ0) is 32.3. The number of aromatic nitrogens is 2. The molecule has 0 unspecified atom stereocenters. The zero-order valence-corrected chi connectivity index (χ0v) is 24.3. The average Bonchev–Trinajstić information content (AvgIpc) is 3.03. The number of nitrogens with one attached hydrogen (secondary N) is 1. The van der Waals surface area contributed by atoms with E-state index in [4.69, 9.17) is 9.47 Å². The second-order valence-corrected chi connectivity index (χ2v) is 10.4. The van der Waals surface area contributed by atoms with Crippen molar-refractivity contribution >= 4 is 17.8 Å². The van der Waals surface area contributed by atoms with E-state index in [0.717, 1.165) is 19.2 Å². The predicted octanol–water partition coefficient (Wildman–Crippen LogP) is 4.82. The molecule has 2 heterocycles. The highest BCUT2D eigenvalue weighted by atomic mass is 19.4. The van der Waals surface area contributed by atoms with Gasteiger partial charge in [0.15, 0.2) is 0 Å². The van der Waals surface area contributed by atoms with Crippen molar-refractivity contribution in [1.29, 1.82) is 0 Å². The molecule has 1 atom stereocenters. The van der Waals surface area contributed by atoms with Gasteiger partial charge in [0.05, 0.1) is 36.3 Å². The topological polar surface area (TPSA) is 109 Å². The highest BCUT2D eigenvalue weighted by Crippen LogP contribution is 2.41. The Morgan fingerprint density at radius 1 is 0.867 bits per heavy atom. The molecule has 0 aliphatic carbocycles. The number of benzene rings is 3. The maximum absolute atomic E-state index is 14.1. The summed E-state index contributed by atoms with van der Waals surface area (Å²) in [5.41, 5.74) is -1.04. The summed E-state index contributed by atoms with van der Waals surface area (Å²) in [5.74, 6) is -2.91. The molecule has 1 N–H and O–H groups in total. The molecule has 4 aromatic rings. The fourth-order valence-corrected chi connectivity index (χ4v) is 5.24. The molecule has 0 bridgehead atoms. The van der Waals surface area contributed by atoms with Gasteiger partial charge in [0, 0.05) is 5.70 Å². The molecule has 0 amide bonds. The molecule has 1 aliphatic rings. The van der Waals surface area contributed by atoms with Crippen molar-refractivity contribution in [3.8, 4) is 0 Å². The predicted molar refractivity (Wildman–Crippen MR) is 158 cm³/mol. The number of alkyl halides is 3. The molecule has 232 valence electrons. The van der Waals surface area contributed by atoms with E-state index >= 15 is 0 Å². The molecule has 1 aromatic heterocycles. The maximum Gasteiger partial charge on any atom is 0.416 e. The Kier molecular flexibility index (Phi) is 8.75. The number of hydrogen-bond acceptors (Lipinski definition) is 7. The van der Waals surface area contributed by atoms with Gasteiger partial charge >= 0.3 is 23.8 Å². The Morgan fingerprint density at radius 3 is 2.04 bits per heavy atom. The number of methoxy groups -OCH3 is 1. The molecular weight excluding hydrogens is 591 g/mol. The smallest absolute Gasteiger partial charge is 0.416 e. The van der Waals surface area contributed by atoms with Crippen LogP contribution in [-0.4, -0.2) is 28.2 Å². The van der Waals surface area contributed by atoms with Crippen LogP contribution in [-0.2, 0) is 44.9 Å². The van der Waals surface area contributed by atoms with Crippen LogP contribution in [0.2, 0.25) is 0 Å². The van der Waals surface area contributed by atoms with Crippen LogP contribution >= 0.6 is 0 Å². The summed E-state index contributed by atoms with van der Waals surface area (Å²) < 4.78 is 52.7. The largest absolute Gasteiger partial charge is 0.468 e. The minimum Gasteiger partial charge on any atom is -0.468 e. The highest BCUT2D eigenvalue weighted by Gasteiger charge is 2.39. The minimum atomic E-state index is -4.63. The van der Waals surface area contributed by atoms with Crippen molar-refractivity contribution in [3.63, 3.8) is 0 Å². The molecule has 9 nitrogen and oxygen atoms in total. The third kappa shape index (κ3) is 6.44. The number of anilines is 1. The normalized spacial score (nSPS) is 14.4. The van der Waals surface area contributed by atoms with E-state index in [1.165, 1.54) is 16.7 Å². The fraction of sp³-hybridized carbons (Fsp3) is 0.212. The molecule has 1 aliphatic heterocycles. The Bertz CT molecular complexity index is 1880. The first-order chi connectivity index (χ1) is 21.5. The third-order valence-corrected chi connectivity index (χ3v) is 7.45. The molecule has 12 heteroatoms. The molecule has 5 rings (SSSR count). The van der Waals surface area contributed by atoms with Crippen LogP contribution in [0.15, 0.2) is 106 Å². The summed E-state index contributed by atoms with van der Waals surface area (Å²) in [6, 6.07) is 21.8. The van der Waals surface area contributed by atoms with Crippen LogP contribution in [0, 0.1) is 0 Å². The highest BCUT2D eigenvalue weighted by molar-refractivity contribution is 5.94. The van der Waals surface area contributed by atoms with Gasteiger partial charge in [0.25, 0.3) is 5.56 Å². The lowest BCUT2D eigenvalue weighted by molar-refractivity contribution is -0.142. The van der Waals surface area contributed by atoms with Crippen LogP contribution in [0.3, 0.4) is 0 Å². The summed E-state index contributed by atoms with van der Waals surface area (Å²) >= 11 is 0. The molecule has 3 aromatic carbocycles. The van der Waals surface area contributed by atoms with Gasteiger partial charge in [0.1, 0.15) is 19.0 Å². The number of carbonyl (C=O) groups excluding carboxylic acids is 2. The molecule has 0 saturated carbocycles. The number of hydrogen-bond donors (Lipinski definition) is 1. The van der Waals surface area contributed by atoms with Crippen molar-refractivity contribution in [2.75, 3.05) is 12.4 Å². The Hall–Kier alpha value is -5.39. The minimum absolute atomic E-state index is 0.0305. The number of carbonyl (C=O) groups is 2. The van der Waals surface area contributed by atoms with Gasteiger partial charge in [0.2, 0.25) is 0 Å². The Balaban J connectivity index is 1.73. The third-order valence-electron chi connectivity index (χ3n) is 7.45. The van der Waals surface area contributed by atoms with Crippen molar-refractivity contribution in [1.82, 2.24) is 9.13 Å². The van der Waals surface area contributed by atoms with Crippen molar-refractivity contribution in [2.45, 2.75) is 38.7 Å². The van der Waals surface area contributed by atoms with Crippen LogP contribution < -0.4 is 16.6 Å². The van der Waals surface area contributed by atoms with Gasteiger partial charge in [-0.25, -0.2) is 14.2 Å². The molecular formula is C33H28F3N3O6. The fourth-order valence-electron chi connectivity index (χ4n) is 5.24. The Morgan fingerprint density at radius 2 is 1.47 bits per heavy atom. The van der Waals surface area contributed by atoms with Gasteiger partial charge < -0.3 is 14.8 Å². The lowest BCUT2D eigenvalue weighted by Gasteiger charge is -2.32. The number of fused-ring (bicyclic) bond motifs is 1. The van der Waals surface area contributed by atoms with Crippen LogP contribution in [0.25, 0.3) is 0 Å². The van der Waals surface area contributed by atoms with E-state index in [-0.39, 0.29) is 41.4 Å². The summed E-state index contributed by atoms with van der Waals surface area (Å²) in [7, 11) is 1.10. The Labute approximate surface area is 255 Å². The first-order valence-electron chi connectivity index (χ1n) is 13.8. The van der Waals surface area contributed by atoms with Gasteiger partial charge in [-0.05, 0) is 35.7 Å². The van der Waals surface area contributed by atoms with Crippen molar-refractivity contribution in [2.24, 2.45) is 0 Å². The van der Waals surface area contributed by atoms with E-state index < -0.39 is 47.4 Å². The quantitative estimate of drug-likeness (QED) is 0.282. The van der Waals surface area contributed by atoms with E-state index in [0.29, 0.717) is 15.7 Å². The number of halogens is 3. The molecule has 0 fully saturated rings. The van der Waals surface area contributed by atoms with Gasteiger partial charge in [-0.3, -0.25) is 14.2 Å². The second-order valence-electron chi connectivity index (χ2n) is 10.4. The zero-order valence-electron chi connectivity index (χ0n) is 24.3. The van der Waals surface area contributed by atoms with E-state index in [9.17, 15) is 32.3 Å². The van der Waals surface area contributed by atoms with Gasteiger partial charge in [-0.15, -0.1) is 0 Å². The number of rotatable bonds is 8. The molecule has 0 spiro atoms. The summed E-state index contributed by atoms with van der Waals surface area (Å²) in [6.45, 7) is 0.684. The first kappa shape index (κ1) is 31.0.